The van der Waals surface area contributed by atoms with Gasteiger partial charge in [0.25, 0.3) is 0 Å². The number of nitrogens with one attached hydrogen (secondary N) is 2. The maximum atomic E-state index is 11.8. The molecule has 19 heavy (non-hydrogen) atoms. The second kappa shape index (κ2) is 5.39. The van der Waals surface area contributed by atoms with Crippen molar-refractivity contribution in [1.29, 1.82) is 0 Å². The van der Waals surface area contributed by atoms with Crippen LogP contribution in [0.5, 0.6) is 0 Å². The molecule has 2 rings (SSSR count). The summed E-state index contributed by atoms with van der Waals surface area (Å²) >= 11 is 5.99. The Balaban J connectivity index is 2.14. The van der Waals surface area contributed by atoms with Gasteiger partial charge in [-0.1, -0.05) is 17.7 Å². The molecule has 0 saturated carbocycles. The second-order valence-electron chi connectivity index (χ2n) is 5.71. The van der Waals surface area contributed by atoms with Gasteiger partial charge in [0.1, 0.15) is 5.60 Å². The van der Waals surface area contributed by atoms with E-state index in [0.29, 0.717) is 10.9 Å². The fourth-order valence-corrected chi connectivity index (χ4v) is 2.09. The average Bonchev–Trinajstić information content (AvgIpc) is 2.16. The standard InChI is InChI=1S/C14H19ClN2O2/c1-14(2,3)19-13(18)17-12-6-10(15)4-5-11(12)9-7-16-8-9/h4-6,9,16H,7-8H2,1-3H3,(H,17,18). The number of hydrogen-bond donors (Lipinski definition) is 2. The normalized spacial score (nSPS) is 15.8. The maximum absolute atomic E-state index is 11.8. The van der Waals surface area contributed by atoms with Crippen LogP contribution in [0.25, 0.3) is 0 Å². The smallest absolute Gasteiger partial charge is 0.412 e. The summed E-state index contributed by atoms with van der Waals surface area (Å²) in [5, 5.41) is 6.60. The van der Waals surface area contributed by atoms with E-state index in [2.05, 4.69) is 10.6 Å². The Bertz CT molecular complexity index is 479. The minimum Gasteiger partial charge on any atom is -0.444 e. The van der Waals surface area contributed by atoms with Crippen LogP contribution in [0.3, 0.4) is 0 Å². The number of anilines is 1. The predicted octanol–water partition coefficient (Wildman–Crippen LogP) is 3.37. The number of benzene rings is 1. The molecule has 0 spiro atoms. The number of hydrogen-bond acceptors (Lipinski definition) is 3. The summed E-state index contributed by atoms with van der Waals surface area (Å²) in [5.41, 5.74) is 1.31. The van der Waals surface area contributed by atoms with Crippen molar-refractivity contribution >= 4 is 23.4 Å². The van der Waals surface area contributed by atoms with E-state index in [4.69, 9.17) is 16.3 Å². The van der Waals surface area contributed by atoms with Gasteiger partial charge < -0.3 is 10.1 Å². The van der Waals surface area contributed by atoms with Gasteiger partial charge >= 0.3 is 6.09 Å². The molecule has 1 aromatic carbocycles. The lowest BCUT2D eigenvalue weighted by molar-refractivity contribution is 0.0635. The van der Waals surface area contributed by atoms with Gasteiger partial charge in [0, 0.05) is 29.7 Å². The molecule has 1 heterocycles. The zero-order chi connectivity index (χ0) is 14.0. The summed E-state index contributed by atoms with van der Waals surface area (Å²) in [6.45, 7) is 7.35. The molecular formula is C14H19ClN2O2. The van der Waals surface area contributed by atoms with Gasteiger partial charge in [-0.25, -0.2) is 4.79 Å². The number of rotatable bonds is 2. The van der Waals surface area contributed by atoms with Gasteiger partial charge in [0.15, 0.2) is 0 Å². The number of carbonyl (C=O) groups is 1. The molecule has 1 aromatic rings. The van der Waals surface area contributed by atoms with Crippen LogP contribution in [-0.4, -0.2) is 24.8 Å². The summed E-state index contributed by atoms with van der Waals surface area (Å²) in [4.78, 5) is 11.8. The van der Waals surface area contributed by atoms with Gasteiger partial charge in [-0.15, -0.1) is 0 Å². The molecule has 0 atom stereocenters. The van der Waals surface area contributed by atoms with E-state index in [9.17, 15) is 4.79 Å². The van der Waals surface area contributed by atoms with Crippen LogP contribution in [0.2, 0.25) is 5.02 Å². The molecule has 1 aliphatic rings. The first kappa shape index (κ1) is 14.2. The van der Waals surface area contributed by atoms with Crippen molar-refractivity contribution in [3.05, 3.63) is 28.8 Å². The van der Waals surface area contributed by atoms with Gasteiger partial charge in [-0.3, -0.25) is 5.32 Å². The molecular weight excluding hydrogens is 264 g/mol. The Morgan fingerprint density at radius 1 is 1.42 bits per heavy atom. The number of carbonyl (C=O) groups excluding carboxylic acids is 1. The Labute approximate surface area is 118 Å². The van der Waals surface area contributed by atoms with Crippen LogP contribution in [0.1, 0.15) is 32.3 Å². The molecule has 0 bridgehead atoms. The van der Waals surface area contributed by atoms with Crippen LogP contribution in [0.15, 0.2) is 18.2 Å². The highest BCUT2D eigenvalue weighted by atomic mass is 35.5. The SMILES string of the molecule is CC(C)(C)OC(=O)Nc1cc(Cl)ccc1C1CNC1. The fourth-order valence-electron chi connectivity index (χ4n) is 1.91. The first-order valence-electron chi connectivity index (χ1n) is 6.35. The molecule has 2 N–H and O–H groups in total. The van der Waals surface area contributed by atoms with Gasteiger partial charge in [0.2, 0.25) is 0 Å². The Morgan fingerprint density at radius 2 is 2.11 bits per heavy atom. The highest BCUT2D eigenvalue weighted by Crippen LogP contribution is 2.30. The van der Waals surface area contributed by atoms with E-state index in [0.717, 1.165) is 24.3 Å². The molecule has 4 nitrogen and oxygen atoms in total. The van der Waals surface area contributed by atoms with Crippen molar-refractivity contribution < 1.29 is 9.53 Å². The predicted molar refractivity (Wildman–Crippen MR) is 76.9 cm³/mol. The number of amides is 1. The monoisotopic (exact) mass is 282 g/mol. The lowest BCUT2D eigenvalue weighted by atomic mass is 9.92. The molecule has 0 radical (unpaired) electrons. The Kier molecular flexibility index (Phi) is 4.02. The molecule has 0 unspecified atom stereocenters. The largest absolute Gasteiger partial charge is 0.444 e. The fraction of sp³-hybridized carbons (Fsp3) is 0.500. The van der Waals surface area contributed by atoms with E-state index in [1.165, 1.54) is 0 Å². The van der Waals surface area contributed by atoms with E-state index >= 15 is 0 Å². The van der Waals surface area contributed by atoms with Gasteiger partial charge in [-0.2, -0.15) is 0 Å². The van der Waals surface area contributed by atoms with Crippen molar-refractivity contribution in [1.82, 2.24) is 5.32 Å². The minimum absolute atomic E-state index is 0.419. The van der Waals surface area contributed by atoms with E-state index in [-0.39, 0.29) is 0 Å². The molecule has 1 saturated heterocycles. The van der Waals surface area contributed by atoms with Crippen LogP contribution in [0, 0.1) is 0 Å². The van der Waals surface area contributed by atoms with E-state index < -0.39 is 11.7 Å². The Hall–Kier alpha value is -1.26. The summed E-state index contributed by atoms with van der Waals surface area (Å²) in [6, 6.07) is 5.56. The van der Waals surface area contributed by atoms with Crippen molar-refractivity contribution in [2.24, 2.45) is 0 Å². The highest BCUT2D eigenvalue weighted by molar-refractivity contribution is 6.31. The lowest BCUT2D eigenvalue weighted by Gasteiger charge is -2.29. The van der Waals surface area contributed by atoms with Crippen LogP contribution >= 0.6 is 11.6 Å². The molecule has 1 fully saturated rings. The third-order valence-corrected chi connectivity index (χ3v) is 3.11. The molecule has 5 heteroatoms. The minimum atomic E-state index is -0.513. The highest BCUT2D eigenvalue weighted by Gasteiger charge is 2.24. The van der Waals surface area contributed by atoms with Crippen molar-refractivity contribution in [3.63, 3.8) is 0 Å². The Morgan fingerprint density at radius 3 is 2.63 bits per heavy atom. The number of ether oxygens (including phenoxy) is 1. The zero-order valence-electron chi connectivity index (χ0n) is 11.4. The molecule has 1 aliphatic heterocycles. The van der Waals surface area contributed by atoms with Crippen molar-refractivity contribution in [2.45, 2.75) is 32.3 Å². The number of halogens is 1. The first-order chi connectivity index (χ1) is 8.85. The van der Waals surface area contributed by atoms with Crippen LogP contribution in [0.4, 0.5) is 10.5 Å². The average molecular weight is 283 g/mol. The molecule has 0 aromatic heterocycles. The van der Waals surface area contributed by atoms with Crippen molar-refractivity contribution in [3.8, 4) is 0 Å². The first-order valence-corrected chi connectivity index (χ1v) is 6.73. The summed E-state index contributed by atoms with van der Waals surface area (Å²) in [5.74, 6) is 0.419. The quantitative estimate of drug-likeness (QED) is 0.874. The van der Waals surface area contributed by atoms with Crippen molar-refractivity contribution in [2.75, 3.05) is 18.4 Å². The van der Waals surface area contributed by atoms with E-state index in [1.807, 2.05) is 32.9 Å². The zero-order valence-corrected chi connectivity index (χ0v) is 12.2. The topological polar surface area (TPSA) is 50.4 Å². The van der Waals surface area contributed by atoms with Crippen LogP contribution in [-0.2, 0) is 4.74 Å². The molecule has 104 valence electrons. The third kappa shape index (κ3) is 3.85. The van der Waals surface area contributed by atoms with Gasteiger partial charge in [-0.05, 0) is 38.5 Å². The molecule has 0 aliphatic carbocycles. The van der Waals surface area contributed by atoms with Crippen LogP contribution < -0.4 is 10.6 Å². The lowest BCUT2D eigenvalue weighted by Crippen LogP contribution is -2.40. The molecule has 1 amide bonds. The van der Waals surface area contributed by atoms with E-state index in [1.54, 1.807) is 6.07 Å². The summed E-state index contributed by atoms with van der Waals surface area (Å²) in [6.07, 6.45) is -0.455. The maximum Gasteiger partial charge on any atom is 0.412 e. The second-order valence-corrected chi connectivity index (χ2v) is 6.15. The summed E-state index contributed by atoms with van der Waals surface area (Å²) < 4.78 is 5.26. The third-order valence-electron chi connectivity index (χ3n) is 2.87. The van der Waals surface area contributed by atoms with Gasteiger partial charge in [0.05, 0.1) is 0 Å². The summed E-state index contributed by atoms with van der Waals surface area (Å²) in [7, 11) is 0.